The lowest BCUT2D eigenvalue weighted by Crippen LogP contribution is -2.46. The zero-order valence-electron chi connectivity index (χ0n) is 22.1. The van der Waals surface area contributed by atoms with Crippen LogP contribution in [0.4, 0.5) is 11.4 Å². The fourth-order valence-electron chi connectivity index (χ4n) is 5.48. The summed E-state index contributed by atoms with van der Waals surface area (Å²) in [5.41, 5.74) is 3.92. The van der Waals surface area contributed by atoms with Crippen LogP contribution in [0, 0.1) is 0 Å². The summed E-state index contributed by atoms with van der Waals surface area (Å²) < 4.78 is 31.0. The van der Waals surface area contributed by atoms with E-state index in [-0.39, 0.29) is 10.9 Å². The summed E-state index contributed by atoms with van der Waals surface area (Å²) in [5, 5.41) is 1.93. The van der Waals surface area contributed by atoms with Gasteiger partial charge >= 0.3 is 0 Å². The number of carbonyl (C=O) groups excluding carboxylic acids is 1. The number of sulfonamides is 1. The summed E-state index contributed by atoms with van der Waals surface area (Å²) in [6.07, 6.45) is 2.61. The Hall–Kier alpha value is -2.91. The minimum Gasteiger partial charge on any atom is -0.368 e. The number of amides is 1. The molecular weight excluding hydrogens is 532 g/mol. The molecule has 1 aliphatic carbocycles. The van der Waals surface area contributed by atoms with Crippen molar-refractivity contribution in [2.45, 2.75) is 42.5 Å². The first-order valence-corrected chi connectivity index (χ1v) is 15.5. The van der Waals surface area contributed by atoms with E-state index in [1.54, 1.807) is 30.3 Å². The van der Waals surface area contributed by atoms with E-state index in [1.165, 1.54) is 5.56 Å². The highest BCUT2D eigenvalue weighted by Crippen LogP contribution is 2.34. The van der Waals surface area contributed by atoms with Crippen molar-refractivity contribution in [1.29, 1.82) is 0 Å². The molecule has 2 atom stereocenters. The van der Waals surface area contributed by atoms with E-state index in [2.05, 4.69) is 32.8 Å². The highest BCUT2D eigenvalue weighted by molar-refractivity contribution is 7.89. The number of carbonyl (C=O) groups is 1. The van der Waals surface area contributed by atoms with Crippen LogP contribution in [-0.4, -0.2) is 51.9 Å². The summed E-state index contributed by atoms with van der Waals surface area (Å²) >= 11 is 6.44. The fraction of sp³-hybridized carbons (Fsp3) is 0.367. The van der Waals surface area contributed by atoms with Crippen LogP contribution in [0.1, 0.15) is 47.9 Å². The second kappa shape index (κ2) is 12.1. The Morgan fingerprint density at radius 1 is 1.00 bits per heavy atom. The number of hydrogen-bond donors (Lipinski definition) is 2. The molecule has 0 bridgehead atoms. The molecule has 1 amide bonds. The molecule has 2 aliphatic rings. The zero-order valence-corrected chi connectivity index (χ0v) is 23.7. The Morgan fingerprint density at radius 3 is 2.46 bits per heavy atom. The third-order valence-electron chi connectivity index (χ3n) is 7.67. The predicted molar refractivity (Wildman–Crippen MR) is 157 cm³/mol. The van der Waals surface area contributed by atoms with E-state index in [4.69, 9.17) is 11.6 Å². The van der Waals surface area contributed by atoms with Crippen LogP contribution in [0.3, 0.4) is 0 Å². The second-order valence-corrected chi connectivity index (χ2v) is 12.3. The van der Waals surface area contributed by atoms with Crippen LogP contribution in [0.2, 0.25) is 0 Å². The number of nitrogens with zero attached hydrogens (tertiary/aromatic N) is 2. The molecular formula is C30H35ClN4O3S. The molecule has 1 heterocycles. The van der Waals surface area contributed by atoms with Crippen LogP contribution in [0.15, 0.2) is 77.7 Å². The Morgan fingerprint density at radius 2 is 1.72 bits per heavy atom. The minimum atomic E-state index is -3.92. The third kappa shape index (κ3) is 6.30. The minimum absolute atomic E-state index is 0.166. The molecule has 7 nitrogen and oxygen atoms in total. The van der Waals surface area contributed by atoms with E-state index in [0.29, 0.717) is 16.9 Å². The monoisotopic (exact) mass is 566 g/mol. The van der Waals surface area contributed by atoms with E-state index in [1.807, 2.05) is 36.4 Å². The smallest absolute Gasteiger partial charge is 0.246 e. The summed E-state index contributed by atoms with van der Waals surface area (Å²) in [4.78, 5) is 17.6. The molecule has 0 radical (unpaired) electrons. The van der Waals surface area contributed by atoms with E-state index in [9.17, 15) is 13.2 Å². The standard InChI is InChI=1S/C30H35ClN4O3S/c1-2-34-17-19-35(20-18-34)27-16-15-24(32-30(36)29(31)23-10-4-3-5-11-23)21-28(27)39(37,38)33-26-14-8-12-22-9-6-7-13-25(22)26/h3-7,9-11,13,15-16,21,26,29,33H,2,8,12,14,17-20H2,1H3,(H,32,36). The van der Waals surface area contributed by atoms with Gasteiger partial charge in [-0.2, -0.15) is 0 Å². The van der Waals surface area contributed by atoms with Crippen LogP contribution >= 0.6 is 11.6 Å². The molecule has 0 aromatic heterocycles. The average Bonchev–Trinajstić information content (AvgIpc) is 2.97. The number of benzene rings is 3. The molecule has 9 heteroatoms. The maximum Gasteiger partial charge on any atom is 0.246 e. The van der Waals surface area contributed by atoms with Crippen LogP contribution in [0.25, 0.3) is 0 Å². The number of anilines is 2. The number of halogens is 1. The molecule has 39 heavy (non-hydrogen) atoms. The first-order valence-electron chi connectivity index (χ1n) is 13.6. The second-order valence-electron chi connectivity index (χ2n) is 10.1. The molecule has 206 valence electrons. The molecule has 1 aliphatic heterocycles. The number of fused-ring (bicyclic) bond motifs is 1. The number of nitrogens with one attached hydrogen (secondary N) is 2. The largest absolute Gasteiger partial charge is 0.368 e. The number of piperazine rings is 1. The van der Waals surface area contributed by atoms with Crippen molar-refractivity contribution in [3.8, 4) is 0 Å². The lowest BCUT2D eigenvalue weighted by atomic mass is 9.88. The van der Waals surface area contributed by atoms with Gasteiger partial charge in [-0.25, -0.2) is 13.1 Å². The first kappa shape index (κ1) is 27.6. The van der Waals surface area contributed by atoms with Gasteiger partial charge in [-0.05, 0) is 60.7 Å². The average molecular weight is 567 g/mol. The number of likely N-dealkylation sites (N-methyl/N-ethyl adjacent to an activating group) is 1. The number of aryl methyl sites for hydroxylation is 1. The summed E-state index contributed by atoms with van der Waals surface area (Å²) in [7, 11) is -3.92. The number of rotatable bonds is 8. The van der Waals surface area contributed by atoms with Crippen molar-refractivity contribution < 1.29 is 13.2 Å². The first-order chi connectivity index (χ1) is 18.9. The maximum absolute atomic E-state index is 14.0. The summed E-state index contributed by atoms with van der Waals surface area (Å²) in [5.74, 6) is -0.412. The molecule has 2 unspecified atom stereocenters. The predicted octanol–water partition coefficient (Wildman–Crippen LogP) is 5.10. The molecule has 1 fully saturated rings. The Kier molecular flexibility index (Phi) is 8.57. The highest BCUT2D eigenvalue weighted by atomic mass is 35.5. The molecule has 5 rings (SSSR count). The van der Waals surface area contributed by atoms with E-state index in [0.717, 1.165) is 57.5 Å². The van der Waals surface area contributed by atoms with Crippen molar-refractivity contribution in [1.82, 2.24) is 9.62 Å². The van der Waals surface area contributed by atoms with Crippen LogP contribution in [-0.2, 0) is 21.2 Å². The van der Waals surface area contributed by atoms with Crippen molar-refractivity contribution in [2.24, 2.45) is 0 Å². The number of alkyl halides is 1. The van der Waals surface area contributed by atoms with Gasteiger partial charge in [0.25, 0.3) is 0 Å². The van der Waals surface area contributed by atoms with Gasteiger partial charge in [-0.15, -0.1) is 11.6 Å². The number of hydrogen-bond acceptors (Lipinski definition) is 5. The van der Waals surface area contributed by atoms with Crippen LogP contribution in [0.5, 0.6) is 0 Å². The van der Waals surface area contributed by atoms with E-state index >= 15 is 0 Å². The van der Waals surface area contributed by atoms with Gasteiger partial charge in [-0.3, -0.25) is 4.79 Å². The summed E-state index contributed by atoms with van der Waals surface area (Å²) in [6, 6.07) is 21.9. The lowest BCUT2D eigenvalue weighted by Gasteiger charge is -2.36. The fourth-order valence-corrected chi connectivity index (χ4v) is 7.18. The van der Waals surface area contributed by atoms with Crippen molar-refractivity contribution in [3.05, 3.63) is 89.5 Å². The van der Waals surface area contributed by atoms with Crippen molar-refractivity contribution >= 4 is 38.9 Å². The molecule has 1 saturated heterocycles. The molecule has 3 aromatic carbocycles. The van der Waals surface area contributed by atoms with Gasteiger partial charge in [0.1, 0.15) is 10.3 Å². The molecule has 2 N–H and O–H groups in total. The van der Waals surface area contributed by atoms with Gasteiger partial charge in [0, 0.05) is 37.9 Å². The Bertz CT molecular complexity index is 1410. The Labute approximate surface area is 236 Å². The van der Waals surface area contributed by atoms with Gasteiger partial charge in [0.2, 0.25) is 15.9 Å². The molecule has 0 saturated carbocycles. The molecule has 3 aromatic rings. The lowest BCUT2D eigenvalue weighted by molar-refractivity contribution is -0.116. The summed E-state index contributed by atoms with van der Waals surface area (Å²) in [6.45, 7) is 6.28. The quantitative estimate of drug-likeness (QED) is 0.371. The van der Waals surface area contributed by atoms with Gasteiger partial charge in [-0.1, -0.05) is 61.5 Å². The maximum atomic E-state index is 14.0. The van der Waals surface area contributed by atoms with Gasteiger partial charge in [0.05, 0.1) is 5.69 Å². The third-order valence-corrected chi connectivity index (χ3v) is 9.62. The van der Waals surface area contributed by atoms with Crippen molar-refractivity contribution in [2.75, 3.05) is 42.9 Å². The van der Waals surface area contributed by atoms with Gasteiger partial charge in [0.15, 0.2) is 0 Å². The van der Waals surface area contributed by atoms with E-state index < -0.39 is 21.3 Å². The SMILES string of the molecule is CCN1CCN(c2ccc(NC(=O)C(Cl)c3ccccc3)cc2S(=O)(=O)NC2CCCc3ccccc32)CC1. The van der Waals surface area contributed by atoms with Crippen LogP contribution < -0.4 is 14.9 Å². The highest BCUT2D eigenvalue weighted by Gasteiger charge is 2.30. The Balaban J connectivity index is 1.45. The topological polar surface area (TPSA) is 81.8 Å². The zero-order chi connectivity index (χ0) is 27.4. The van der Waals surface area contributed by atoms with Crippen molar-refractivity contribution in [3.63, 3.8) is 0 Å². The molecule has 0 spiro atoms. The van der Waals surface area contributed by atoms with Gasteiger partial charge < -0.3 is 15.1 Å². The normalized spacial score (nSPS) is 18.8.